The number of aryl methyl sites for hydroxylation is 2. The molecular formula is C14H19NO3. The highest BCUT2D eigenvalue weighted by atomic mass is 16.3. The molecule has 2 rings (SSSR count). The highest BCUT2D eigenvalue weighted by molar-refractivity contribution is 5.97. The minimum atomic E-state index is -0.448. The van der Waals surface area contributed by atoms with Gasteiger partial charge in [-0.3, -0.25) is 4.79 Å². The van der Waals surface area contributed by atoms with Crippen molar-refractivity contribution < 1.29 is 15.0 Å². The summed E-state index contributed by atoms with van der Waals surface area (Å²) in [6, 6.07) is 3.54. The van der Waals surface area contributed by atoms with Gasteiger partial charge in [0.05, 0.1) is 11.7 Å². The van der Waals surface area contributed by atoms with Gasteiger partial charge in [0.2, 0.25) is 0 Å². The minimum absolute atomic E-state index is 0.0469. The van der Waals surface area contributed by atoms with Crippen molar-refractivity contribution in [2.24, 2.45) is 0 Å². The first-order valence-electron chi connectivity index (χ1n) is 6.26. The smallest absolute Gasteiger partial charge is 0.257 e. The second kappa shape index (κ2) is 4.98. The van der Waals surface area contributed by atoms with Gasteiger partial charge in [0.25, 0.3) is 5.91 Å². The highest BCUT2D eigenvalue weighted by Gasteiger charge is 2.25. The van der Waals surface area contributed by atoms with Crippen LogP contribution in [0.2, 0.25) is 0 Å². The molecule has 0 radical (unpaired) electrons. The number of rotatable bonds is 1. The molecule has 98 valence electrons. The molecule has 1 atom stereocenters. The van der Waals surface area contributed by atoms with Crippen LogP contribution in [0.1, 0.15) is 34.3 Å². The van der Waals surface area contributed by atoms with Gasteiger partial charge >= 0.3 is 0 Å². The number of piperidine rings is 1. The predicted molar refractivity (Wildman–Crippen MR) is 68.7 cm³/mol. The molecule has 1 aliphatic heterocycles. The molecule has 1 unspecified atom stereocenters. The number of aliphatic hydroxyl groups excluding tert-OH is 1. The molecule has 0 aliphatic carbocycles. The highest BCUT2D eigenvalue weighted by Crippen LogP contribution is 2.26. The molecule has 1 amide bonds. The molecule has 1 fully saturated rings. The van der Waals surface area contributed by atoms with Gasteiger partial charge in [0.15, 0.2) is 0 Å². The summed E-state index contributed by atoms with van der Waals surface area (Å²) in [6.07, 6.45) is 1.09. The van der Waals surface area contributed by atoms with Crippen LogP contribution in [-0.2, 0) is 0 Å². The molecule has 1 heterocycles. The molecule has 4 heteroatoms. The van der Waals surface area contributed by atoms with Gasteiger partial charge < -0.3 is 15.1 Å². The van der Waals surface area contributed by atoms with E-state index in [9.17, 15) is 15.0 Å². The van der Waals surface area contributed by atoms with E-state index in [0.29, 0.717) is 24.2 Å². The van der Waals surface area contributed by atoms with E-state index in [1.54, 1.807) is 17.9 Å². The number of likely N-dealkylation sites (tertiary alicyclic amines) is 1. The Kier molecular flexibility index (Phi) is 3.57. The maximum atomic E-state index is 12.3. The van der Waals surface area contributed by atoms with E-state index in [1.165, 1.54) is 0 Å². The number of phenols is 1. The van der Waals surface area contributed by atoms with E-state index in [0.717, 1.165) is 18.4 Å². The maximum absolute atomic E-state index is 12.3. The summed E-state index contributed by atoms with van der Waals surface area (Å²) in [4.78, 5) is 13.9. The molecule has 1 aliphatic rings. The SMILES string of the molecule is Cc1cc(C)c(O)c(C(=O)N2CCCC(O)C2)c1. The Balaban J connectivity index is 2.28. The molecule has 0 saturated carbocycles. The molecular weight excluding hydrogens is 230 g/mol. The van der Waals surface area contributed by atoms with Crippen LogP contribution in [0.5, 0.6) is 5.75 Å². The zero-order valence-corrected chi connectivity index (χ0v) is 10.8. The van der Waals surface area contributed by atoms with E-state index in [4.69, 9.17) is 0 Å². The molecule has 1 saturated heterocycles. The third-order valence-electron chi connectivity index (χ3n) is 3.36. The fourth-order valence-corrected chi connectivity index (χ4v) is 2.43. The molecule has 18 heavy (non-hydrogen) atoms. The minimum Gasteiger partial charge on any atom is -0.507 e. The van der Waals surface area contributed by atoms with Crippen molar-refractivity contribution >= 4 is 5.91 Å². The van der Waals surface area contributed by atoms with E-state index in [-0.39, 0.29) is 11.7 Å². The van der Waals surface area contributed by atoms with Crippen LogP contribution < -0.4 is 0 Å². The number of phenolic OH excluding ortho intramolecular Hbond substituents is 1. The van der Waals surface area contributed by atoms with Crippen LogP contribution in [0.15, 0.2) is 12.1 Å². The summed E-state index contributed by atoms with van der Waals surface area (Å²) in [5.74, 6) is -0.149. The Bertz CT molecular complexity index is 470. The fraction of sp³-hybridized carbons (Fsp3) is 0.500. The van der Waals surface area contributed by atoms with Crippen LogP contribution in [0.4, 0.5) is 0 Å². The lowest BCUT2D eigenvalue weighted by molar-refractivity contribution is 0.0471. The number of hydrogen-bond acceptors (Lipinski definition) is 3. The van der Waals surface area contributed by atoms with Gasteiger partial charge in [-0.1, -0.05) is 6.07 Å². The molecule has 0 spiro atoms. The first-order valence-corrected chi connectivity index (χ1v) is 6.26. The van der Waals surface area contributed by atoms with Crippen molar-refractivity contribution in [2.45, 2.75) is 32.8 Å². The zero-order chi connectivity index (χ0) is 13.3. The first kappa shape index (κ1) is 12.9. The number of nitrogens with zero attached hydrogens (tertiary/aromatic N) is 1. The standard InChI is InChI=1S/C14H19NO3/c1-9-6-10(2)13(17)12(7-9)14(18)15-5-3-4-11(16)8-15/h6-7,11,16-17H,3-5,8H2,1-2H3. The number of β-amino-alcohol motifs (C(OH)–C–C–N with tert-alkyl or cyclic N) is 1. The van der Waals surface area contributed by atoms with Crippen LogP contribution >= 0.6 is 0 Å². The lowest BCUT2D eigenvalue weighted by Gasteiger charge is -2.30. The maximum Gasteiger partial charge on any atom is 0.257 e. The fourth-order valence-electron chi connectivity index (χ4n) is 2.43. The number of amides is 1. The third kappa shape index (κ3) is 2.48. The summed E-state index contributed by atoms with van der Waals surface area (Å²) in [5.41, 5.74) is 1.99. The first-order chi connectivity index (χ1) is 8.49. The largest absolute Gasteiger partial charge is 0.507 e. The Morgan fingerprint density at radius 3 is 2.78 bits per heavy atom. The van der Waals surface area contributed by atoms with Gasteiger partial charge in [-0.25, -0.2) is 0 Å². The molecule has 1 aromatic carbocycles. The molecule has 0 bridgehead atoms. The van der Waals surface area contributed by atoms with Gasteiger partial charge in [-0.15, -0.1) is 0 Å². The summed E-state index contributed by atoms with van der Waals surface area (Å²) < 4.78 is 0. The second-order valence-corrected chi connectivity index (χ2v) is 5.03. The van der Waals surface area contributed by atoms with Gasteiger partial charge in [-0.05, 0) is 43.9 Å². The topological polar surface area (TPSA) is 60.8 Å². The zero-order valence-electron chi connectivity index (χ0n) is 10.8. The summed E-state index contributed by atoms with van der Waals surface area (Å²) in [7, 11) is 0. The van der Waals surface area contributed by atoms with Crippen LogP contribution in [0.25, 0.3) is 0 Å². The Hall–Kier alpha value is -1.55. The normalized spacial score (nSPS) is 19.9. The van der Waals surface area contributed by atoms with E-state index >= 15 is 0 Å². The molecule has 2 N–H and O–H groups in total. The van der Waals surface area contributed by atoms with Crippen LogP contribution in [0, 0.1) is 13.8 Å². The number of carbonyl (C=O) groups excluding carboxylic acids is 1. The Morgan fingerprint density at radius 1 is 1.39 bits per heavy atom. The van der Waals surface area contributed by atoms with Gasteiger partial charge in [-0.2, -0.15) is 0 Å². The van der Waals surface area contributed by atoms with Crippen molar-refractivity contribution in [3.8, 4) is 5.75 Å². The third-order valence-corrected chi connectivity index (χ3v) is 3.36. The van der Waals surface area contributed by atoms with Gasteiger partial charge in [0.1, 0.15) is 5.75 Å². The summed E-state index contributed by atoms with van der Waals surface area (Å²) in [6.45, 7) is 4.67. The van der Waals surface area contributed by atoms with Crippen molar-refractivity contribution in [2.75, 3.05) is 13.1 Å². The van der Waals surface area contributed by atoms with E-state index in [1.807, 2.05) is 13.0 Å². The Labute approximate surface area is 107 Å². The average molecular weight is 249 g/mol. The van der Waals surface area contributed by atoms with Crippen molar-refractivity contribution in [3.05, 3.63) is 28.8 Å². The lowest BCUT2D eigenvalue weighted by atomic mass is 10.0. The molecule has 0 aromatic heterocycles. The van der Waals surface area contributed by atoms with E-state index < -0.39 is 6.10 Å². The van der Waals surface area contributed by atoms with Gasteiger partial charge in [0, 0.05) is 13.1 Å². The molecule has 1 aromatic rings. The second-order valence-electron chi connectivity index (χ2n) is 5.03. The predicted octanol–water partition coefficient (Wildman–Crippen LogP) is 1.61. The van der Waals surface area contributed by atoms with Crippen LogP contribution in [0.3, 0.4) is 0 Å². The van der Waals surface area contributed by atoms with Crippen molar-refractivity contribution in [1.29, 1.82) is 0 Å². The number of carbonyl (C=O) groups is 1. The summed E-state index contributed by atoms with van der Waals surface area (Å²) in [5, 5.41) is 19.6. The number of benzene rings is 1. The number of aromatic hydroxyl groups is 1. The quantitative estimate of drug-likeness (QED) is 0.795. The average Bonchev–Trinajstić information content (AvgIpc) is 2.33. The van der Waals surface area contributed by atoms with Crippen molar-refractivity contribution in [3.63, 3.8) is 0 Å². The monoisotopic (exact) mass is 249 g/mol. The van der Waals surface area contributed by atoms with E-state index in [2.05, 4.69) is 0 Å². The number of hydrogen-bond donors (Lipinski definition) is 2. The molecule has 4 nitrogen and oxygen atoms in total. The number of aliphatic hydroxyl groups is 1. The Morgan fingerprint density at radius 2 is 2.11 bits per heavy atom. The van der Waals surface area contributed by atoms with Crippen molar-refractivity contribution in [1.82, 2.24) is 4.90 Å². The van der Waals surface area contributed by atoms with Crippen LogP contribution in [-0.4, -0.2) is 40.2 Å². The lowest BCUT2D eigenvalue weighted by Crippen LogP contribution is -2.42. The summed E-state index contributed by atoms with van der Waals surface area (Å²) >= 11 is 0.